The zero-order valence-electron chi connectivity index (χ0n) is 10.7. The van der Waals surface area contributed by atoms with Gasteiger partial charge in [0.15, 0.2) is 0 Å². The molecular weight excluding hydrogens is 248 g/mol. The van der Waals surface area contributed by atoms with Crippen LogP contribution < -0.4 is 10.6 Å². The monoisotopic (exact) mass is 266 g/mol. The summed E-state index contributed by atoms with van der Waals surface area (Å²) >= 11 is 1.60. The first-order chi connectivity index (χ1) is 8.58. The predicted octanol–water partition coefficient (Wildman–Crippen LogP) is 1.76. The maximum absolute atomic E-state index is 12.1. The third-order valence-electron chi connectivity index (χ3n) is 3.13. The van der Waals surface area contributed by atoms with Crippen LogP contribution in [-0.4, -0.2) is 24.4 Å². The van der Waals surface area contributed by atoms with E-state index in [-0.39, 0.29) is 17.9 Å². The Labute approximate surface area is 111 Å². The first-order valence-corrected chi connectivity index (χ1v) is 7.05. The SMILES string of the molecule is Cc1cc(C(=O)N[C@H]2CCCCNC2=O)c(C)s1. The maximum Gasteiger partial charge on any atom is 0.253 e. The minimum absolute atomic E-state index is 0.0644. The fourth-order valence-electron chi connectivity index (χ4n) is 2.17. The highest BCUT2D eigenvalue weighted by molar-refractivity contribution is 7.12. The highest BCUT2D eigenvalue weighted by Crippen LogP contribution is 2.20. The quantitative estimate of drug-likeness (QED) is 0.857. The zero-order valence-corrected chi connectivity index (χ0v) is 11.5. The smallest absolute Gasteiger partial charge is 0.253 e. The fourth-order valence-corrected chi connectivity index (χ4v) is 3.09. The molecule has 2 rings (SSSR count). The number of thiophene rings is 1. The van der Waals surface area contributed by atoms with Crippen LogP contribution in [0.4, 0.5) is 0 Å². The minimum atomic E-state index is -0.389. The lowest BCUT2D eigenvalue weighted by atomic mass is 10.1. The van der Waals surface area contributed by atoms with Gasteiger partial charge < -0.3 is 10.6 Å². The molecule has 2 N–H and O–H groups in total. The predicted molar refractivity (Wildman–Crippen MR) is 71.9 cm³/mol. The number of nitrogens with one attached hydrogen (secondary N) is 2. The van der Waals surface area contributed by atoms with Crippen LogP contribution >= 0.6 is 11.3 Å². The van der Waals surface area contributed by atoms with Gasteiger partial charge in [0.25, 0.3) is 5.91 Å². The molecule has 1 saturated heterocycles. The molecule has 5 heteroatoms. The van der Waals surface area contributed by atoms with Crippen molar-refractivity contribution in [3.05, 3.63) is 21.4 Å². The minimum Gasteiger partial charge on any atom is -0.354 e. The third kappa shape index (κ3) is 2.90. The summed E-state index contributed by atoms with van der Waals surface area (Å²) in [5.74, 6) is -0.204. The normalized spacial score (nSPS) is 20.1. The number of carbonyl (C=O) groups is 2. The van der Waals surface area contributed by atoms with Crippen molar-refractivity contribution in [3.8, 4) is 0 Å². The van der Waals surface area contributed by atoms with Crippen molar-refractivity contribution in [2.45, 2.75) is 39.2 Å². The number of hydrogen-bond acceptors (Lipinski definition) is 3. The van der Waals surface area contributed by atoms with Gasteiger partial charge in [-0.05, 0) is 39.2 Å². The molecule has 2 heterocycles. The molecule has 0 spiro atoms. The van der Waals surface area contributed by atoms with E-state index in [9.17, 15) is 9.59 Å². The molecule has 0 radical (unpaired) electrons. The number of carbonyl (C=O) groups excluding carboxylic acids is 2. The van der Waals surface area contributed by atoms with Crippen LogP contribution in [0, 0.1) is 13.8 Å². The second-order valence-electron chi connectivity index (χ2n) is 4.64. The summed E-state index contributed by atoms with van der Waals surface area (Å²) in [5, 5.41) is 5.65. The van der Waals surface area contributed by atoms with Crippen LogP contribution in [0.5, 0.6) is 0 Å². The van der Waals surface area contributed by atoms with Crippen molar-refractivity contribution in [2.75, 3.05) is 6.54 Å². The van der Waals surface area contributed by atoms with Gasteiger partial charge in [0.1, 0.15) is 6.04 Å². The molecule has 18 heavy (non-hydrogen) atoms. The number of aryl methyl sites for hydroxylation is 2. The van der Waals surface area contributed by atoms with E-state index < -0.39 is 0 Å². The lowest BCUT2D eigenvalue weighted by molar-refractivity contribution is -0.122. The largest absolute Gasteiger partial charge is 0.354 e. The van der Waals surface area contributed by atoms with Crippen LogP contribution in [0.1, 0.15) is 39.4 Å². The third-order valence-corrected chi connectivity index (χ3v) is 4.09. The number of rotatable bonds is 2. The Morgan fingerprint density at radius 2 is 2.22 bits per heavy atom. The fraction of sp³-hybridized carbons (Fsp3) is 0.538. The molecule has 0 unspecified atom stereocenters. The molecule has 1 aliphatic rings. The Kier molecular flexibility index (Phi) is 4.01. The van der Waals surface area contributed by atoms with Crippen molar-refractivity contribution >= 4 is 23.2 Å². The lowest BCUT2D eigenvalue weighted by Crippen LogP contribution is -2.45. The van der Waals surface area contributed by atoms with Gasteiger partial charge in [0, 0.05) is 16.3 Å². The first kappa shape index (κ1) is 13.1. The molecule has 0 aromatic carbocycles. The van der Waals surface area contributed by atoms with Gasteiger partial charge in [-0.15, -0.1) is 11.3 Å². The Hall–Kier alpha value is -1.36. The maximum atomic E-state index is 12.1. The van der Waals surface area contributed by atoms with E-state index in [1.165, 1.54) is 0 Å². The molecule has 0 saturated carbocycles. The molecular formula is C13H18N2O2S. The lowest BCUT2D eigenvalue weighted by Gasteiger charge is -2.14. The molecule has 98 valence electrons. The summed E-state index contributed by atoms with van der Waals surface area (Å²) in [5.41, 5.74) is 0.689. The average Bonchev–Trinajstić information content (AvgIpc) is 2.52. The van der Waals surface area contributed by atoms with Gasteiger partial charge in [0.2, 0.25) is 5.91 Å². The van der Waals surface area contributed by atoms with Crippen molar-refractivity contribution in [2.24, 2.45) is 0 Å². The van der Waals surface area contributed by atoms with Gasteiger partial charge in [-0.25, -0.2) is 0 Å². The van der Waals surface area contributed by atoms with Gasteiger partial charge in [-0.2, -0.15) is 0 Å². The van der Waals surface area contributed by atoms with E-state index in [0.29, 0.717) is 12.1 Å². The van der Waals surface area contributed by atoms with Crippen LogP contribution in [-0.2, 0) is 4.79 Å². The van der Waals surface area contributed by atoms with Crippen LogP contribution in [0.25, 0.3) is 0 Å². The Morgan fingerprint density at radius 1 is 1.44 bits per heavy atom. The van der Waals surface area contributed by atoms with Crippen LogP contribution in [0.15, 0.2) is 6.07 Å². The standard InChI is InChI=1S/C13H18N2O2S/c1-8-7-10(9(2)18-8)12(16)15-11-5-3-4-6-14-13(11)17/h7,11H,3-6H2,1-2H3,(H,14,17)(H,15,16)/t11-/m0/s1. The molecule has 2 amide bonds. The summed E-state index contributed by atoms with van der Waals surface area (Å²) in [4.78, 5) is 26.0. The summed E-state index contributed by atoms with van der Waals surface area (Å²) in [6, 6.07) is 1.49. The van der Waals surface area contributed by atoms with Crippen LogP contribution in [0.2, 0.25) is 0 Å². The Balaban J connectivity index is 2.06. The summed E-state index contributed by atoms with van der Waals surface area (Å²) in [7, 11) is 0. The van der Waals surface area contributed by atoms with Crippen molar-refractivity contribution in [3.63, 3.8) is 0 Å². The Bertz CT molecular complexity index is 468. The topological polar surface area (TPSA) is 58.2 Å². The van der Waals surface area contributed by atoms with E-state index in [1.54, 1.807) is 11.3 Å². The molecule has 1 aliphatic heterocycles. The van der Waals surface area contributed by atoms with E-state index in [1.807, 2.05) is 19.9 Å². The van der Waals surface area contributed by atoms with E-state index in [2.05, 4.69) is 10.6 Å². The average molecular weight is 266 g/mol. The van der Waals surface area contributed by atoms with E-state index in [0.717, 1.165) is 29.0 Å². The molecule has 0 aliphatic carbocycles. The first-order valence-electron chi connectivity index (χ1n) is 6.23. The molecule has 0 bridgehead atoms. The van der Waals surface area contributed by atoms with Crippen LogP contribution in [0.3, 0.4) is 0 Å². The van der Waals surface area contributed by atoms with E-state index >= 15 is 0 Å². The molecule has 1 atom stereocenters. The van der Waals surface area contributed by atoms with E-state index in [4.69, 9.17) is 0 Å². The second kappa shape index (κ2) is 5.52. The van der Waals surface area contributed by atoms with Crippen molar-refractivity contribution in [1.82, 2.24) is 10.6 Å². The van der Waals surface area contributed by atoms with Gasteiger partial charge >= 0.3 is 0 Å². The Morgan fingerprint density at radius 3 is 2.89 bits per heavy atom. The number of hydrogen-bond donors (Lipinski definition) is 2. The van der Waals surface area contributed by atoms with Gasteiger partial charge in [-0.1, -0.05) is 0 Å². The summed E-state index contributed by atoms with van der Waals surface area (Å²) in [6.45, 7) is 4.62. The van der Waals surface area contributed by atoms with Gasteiger partial charge in [-0.3, -0.25) is 9.59 Å². The van der Waals surface area contributed by atoms with Crippen molar-refractivity contribution < 1.29 is 9.59 Å². The molecule has 4 nitrogen and oxygen atoms in total. The van der Waals surface area contributed by atoms with Gasteiger partial charge in [0.05, 0.1) is 5.56 Å². The zero-order chi connectivity index (χ0) is 13.1. The van der Waals surface area contributed by atoms with Crippen molar-refractivity contribution in [1.29, 1.82) is 0 Å². The summed E-state index contributed by atoms with van der Waals surface area (Å²) < 4.78 is 0. The molecule has 1 fully saturated rings. The highest BCUT2D eigenvalue weighted by Gasteiger charge is 2.23. The number of amides is 2. The highest BCUT2D eigenvalue weighted by atomic mass is 32.1. The summed E-state index contributed by atoms with van der Waals surface area (Å²) in [6.07, 6.45) is 2.67. The second-order valence-corrected chi connectivity index (χ2v) is 6.10. The molecule has 1 aromatic heterocycles. The molecule has 1 aromatic rings.